The number of nitrogens with zero attached hydrogens (tertiary/aromatic N) is 1. The smallest absolute Gasteiger partial charge is 0.222 e. The van der Waals surface area contributed by atoms with Gasteiger partial charge >= 0.3 is 0 Å². The second-order valence-corrected chi connectivity index (χ2v) is 4.77. The van der Waals surface area contributed by atoms with Crippen molar-refractivity contribution in [2.75, 3.05) is 13.2 Å². The summed E-state index contributed by atoms with van der Waals surface area (Å²) in [7, 11) is 0. The Hall–Kier alpha value is -0.650. The molecule has 1 aliphatic carbocycles. The summed E-state index contributed by atoms with van der Waals surface area (Å²) in [5.74, 6) is -0.171. The molecule has 1 saturated carbocycles. The molecular weight excluding hydrogens is 210 g/mol. The number of aliphatic hydroxyl groups excluding tert-OH is 3. The normalized spacial score (nSPS) is 40.4. The fourth-order valence-corrected chi connectivity index (χ4v) is 2.86. The van der Waals surface area contributed by atoms with Crippen molar-refractivity contribution in [3.8, 4) is 0 Å². The van der Waals surface area contributed by atoms with Crippen LogP contribution in [0.2, 0.25) is 0 Å². The molecule has 5 nitrogen and oxygen atoms in total. The molecule has 0 spiro atoms. The minimum atomic E-state index is -0.917. The van der Waals surface area contributed by atoms with Crippen LogP contribution in [0, 0.1) is 5.92 Å². The maximum Gasteiger partial charge on any atom is 0.222 e. The van der Waals surface area contributed by atoms with E-state index in [1.807, 2.05) is 0 Å². The third kappa shape index (κ3) is 1.95. The maximum absolute atomic E-state index is 11.7. The Kier molecular flexibility index (Phi) is 3.47. The van der Waals surface area contributed by atoms with Gasteiger partial charge in [0.15, 0.2) is 0 Å². The molecule has 16 heavy (non-hydrogen) atoms. The summed E-state index contributed by atoms with van der Waals surface area (Å²) in [6.07, 6.45) is 0.966. The number of rotatable bonds is 2. The lowest BCUT2D eigenvalue weighted by atomic mass is 9.99. The summed E-state index contributed by atoms with van der Waals surface area (Å²) >= 11 is 0. The van der Waals surface area contributed by atoms with Crippen LogP contribution in [0.1, 0.15) is 25.7 Å². The average molecular weight is 229 g/mol. The molecule has 1 aliphatic heterocycles. The first-order valence-electron chi connectivity index (χ1n) is 5.91. The second kappa shape index (κ2) is 4.69. The fourth-order valence-electron chi connectivity index (χ4n) is 2.86. The standard InChI is InChI=1S/C11H19NO4/c13-6-7-5-8(14)11(16)10(7)12-4-2-1-3-9(12)15/h7-8,10-11,13-14,16H,1-6H2/t7-,8+,10+,11+/m0/s1. The van der Waals surface area contributed by atoms with Crippen LogP contribution in [-0.4, -0.2) is 57.5 Å². The average Bonchev–Trinajstić information content (AvgIpc) is 2.56. The lowest BCUT2D eigenvalue weighted by molar-refractivity contribution is -0.140. The number of piperidine rings is 1. The highest BCUT2D eigenvalue weighted by Crippen LogP contribution is 2.32. The molecule has 2 rings (SSSR count). The van der Waals surface area contributed by atoms with Gasteiger partial charge in [-0.25, -0.2) is 0 Å². The Morgan fingerprint density at radius 1 is 1.31 bits per heavy atom. The Bertz CT molecular complexity index is 271. The molecule has 0 aromatic rings. The van der Waals surface area contributed by atoms with Crippen molar-refractivity contribution < 1.29 is 20.1 Å². The van der Waals surface area contributed by atoms with E-state index in [0.29, 0.717) is 19.4 Å². The van der Waals surface area contributed by atoms with Gasteiger partial charge in [0.1, 0.15) is 6.10 Å². The largest absolute Gasteiger partial charge is 0.396 e. The molecule has 2 aliphatic rings. The van der Waals surface area contributed by atoms with Gasteiger partial charge < -0.3 is 20.2 Å². The van der Waals surface area contributed by atoms with E-state index in [4.69, 9.17) is 0 Å². The van der Waals surface area contributed by atoms with Gasteiger partial charge in [0, 0.05) is 25.5 Å². The van der Waals surface area contributed by atoms with E-state index < -0.39 is 18.2 Å². The SMILES string of the molecule is O=C1CCCCN1[C@@H]1[C@H](CO)C[C@@H](O)[C@H]1O. The summed E-state index contributed by atoms with van der Waals surface area (Å²) < 4.78 is 0. The lowest BCUT2D eigenvalue weighted by Gasteiger charge is -2.37. The van der Waals surface area contributed by atoms with E-state index in [2.05, 4.69) is 0 Å². The van der Waals surface area contributed by atoms with Crippen molar-refractivity contribution in [2.45, 2.75) is 43.9 Å². The van der Waals surface area contributed by atoms with Gasteiger partial charge in [-0.1, -0.05) is 0 Å². The predicted molar refractivity (Wildman–Crippen MR) is 56.6 cm³/mol. The third-order valence-corrected chi connectivity index (χ3v) is 3.73. The van der Waals surface area contributed by atoms with Crippen LogP contribution in [0.4, 0.5) is 0 Å². The zero-order valence-corrected chi connectivity index (χ0v) is 9.25. The molecule has 1 heterocycles. The van der Waals surface area contributed by atoms with Gasteiger partial charge in [-0.05, 0) is 19.3 Å². The molecule has 0 radical (unpaired) electrons. The molecule has 3 N–H and O–H groups in total. The van der Waals surface area contributed by atoms with Crippen molar-refractivity contribution in [3.05, 3.63) is 0 Å². The Morgan fingerprint density at radius 3 is 2.69 bits per heavy atom. The summed E-state index contributed by atoms with van der Waals surface area (Å²) in [6, 6.07) is -0.409. The molecule has 1 saturated heterocycles. The molecule has 0 bridgehead atoms. The summed E-state index contributed by atoms with van der Waals surface area (Å²) in [6.45, 7) is 0.534. The summed E-state index contributed by atoms with van der Waals surface area (Å²) in [4.78, 5) is 13.4. The number of hydrogen-bond acceptors (Lipinski definition) is 4. The quantitative estimate of drug-likeness (QED) is 0.573. The van der Waals surface area contributed by atoms with Crippen molar-refractivity contribution in [1.82, 2.24) is 4.90 Å². The molecule has 0 unspecified atom stereocenters. The molecule has 2 fully saturated rings. The molecular formula is C11H19NO4. The highest BCUT2D eigenvalue weighted by molar-refractivity contribution is 5.77. The number of carbonyl (C=O) groups is 1. The van der Waals surface area contributed by atoms with E-state index in [-0.39, 0.29) is 18.4 Å². The van der Waals surface area contributed by atoms with Crippen molar-refractivity contribution in [2.24, 2.45) is 5.92 Å². The first kappa shape index (κ1) is 11.8. The third-order valence-electron chi connectivity index (χ3n) is 3.73. The van der Waals surface area contributed by atoms with Crippen LogP contribution in [0.25, 0.3) is 0 Å². The van der Waals surface area contributed by atoms with Crippen LogP contribution in [0.5, 0.6) is 0 Å². The minimum Gasteiger partial charge on any atom is -0.396 e. The van der Waals surface area contributed by atoms with Gasteiger partial charge in [-0.2, -0.15) is 0 Å². The number of carbonyl (C=O) groups excluding carboxylic acids is 1. The van der Waals surface area contributed by atoms with E-state index in [9.17, 15) is 20.1 Å². The summed E-state index contributed by atoms with van der Waals surface area (Å²) in [5, 5.41) is 28.7. The van der Waals surface area contributed by atoms with Crippen LogP contribution in [0.15, 0.2) is 0 Å². The lowest BCUT2D eigenvalue weighted by Crippen LogP contribution is -2.51. The summed E-state index contributed by atoms with van der Waals surface area (Å²) in [5.41, 5.74) is 0. The Balaban J connectivity index is 2.13. The zero-order valence-electron chi connectivity index (χ0n) is 9.25. The number of hydrogen-bond donors (Lipinski definition) is 3. The van der Waals surface area contributed by atoms with E-state index >= 15 is 0 Å². The molecule has 1 amide bonds. The van der Waals surface area contributed by atoms with Gasteiger partial charge in [-0.15, -0.1) is 0 Å². The topological polar surface area (TPSA) is 81.0 Å². The van der Waals surface area contributed by atoms with Gasteiger partial charge in [0.25, 0.3) is 0 Å². The second-order valence-electron chi connectivity index (χ2n) is 4.77. The van der Waals surface area contributed by atoms with Crippen molar-refractivity contribution in [1.29, 1.82) is 0 Å². The van der Waals surface area contributed by atoms with Crippen LogP contribution < -0.4 is 0 Å². The fraction of sp³-hybridized carbons (Fsp3) is 0.909. The Labute approximate surface area is 94.7 Å². The maximum atomic E-state index is 11.7. The predicted octanol–water partition coefficient (Wildman–Crippen LogP) is -0.899. The van der Waals surface area contributed by atoms with E-state index in [1.165, 1.54) is 0 Å². The zero-order chi connectivity index (χ0) is 11.7. The monoisotopic (exact) mass is 229 g/mol. The van der Waals surface area contributed by atoms with E-state index in [1.54, 1.807) is 4.90 Å². The number of likely N-dealkylation sites (tertiary alicyclic amines) is 1. The van der Waals surface area contributed by atoms with E-state index in [0.717, 1.165) is 12.8 Å². The van der Waals surface area contributed by atoms with Crippen molar-refractivity contribution >= 4 is 5.91 Å². The molecule has 4 atom stereocenters. The molecule has 0 aromatic heterocycles. The molecule has 92 valence electrons. The minimum absolute atomic E-state index is 0.0304. The van der Waals surface area contributed by atoms with Gasteiger partial charge in [0.05, 0.1) is 12.1 Å². The molecule has 5 heteroatoms. The van der Waals surface area contributed by atoms with Crippen LogP contribution in [-0.2, 0) is 4.79 Å². The first-order chi connectivity index (χ1) is 7.65. The van der Waals surface area contributed by atoms with Crippen LogP contribution in [0.3, 0.4) is 0 Å². The highest BCUT2D eigenvalue weighted by atomic mass is 16.3. The van der Waals surface area contributed by atoms with Gasteiger partial charge in [-0.3, -0.25) is 4.79 Å². The highest BCUT2D eigenvalue weighted by Gasteiger charge is 2.46. The molecule has 0 aromatic carbocycles. The van der Waals surface area contributed by atoms with Crippen LogP contribution >= 0.6 is 0 Å². The Morgan fingerprint density at radius 2 is 2.06 bits per heavy atom. The van der Waals surface area contributed by atoms with Gasteiger partial charge in [0.2, 0.25) is 5.91 Å². The number of aliphatic hydroxyl groups is 3. The van der Waals surface area contributed by atoms with Crippen molar-refractivity contribution in [3.63, 3.8) is 0 Å². The first-order valence-corrected chi connectivity index (χ1v) is 5.91. The number of amides is 1.